The number of benzene rings is 3. The van der Waals surface area contributed by atoms with Gasteiger partial charge in [0.15, 0.2) is 0 Å². The average molecular weight is 403 g/mol. The highest BCUT2D eigenvalue weighted by atomic mass is 35.5. The zero-order chi connectivity index (χ0) is 19.2. The lowest BCUT2D eigenvalue weighted by Gasteiger charge is -2.13. The number of nitrogens with zero attached hydrogens (tertiary/aromatic N) is 1. The highest BCUT2D eigenvalue weighted by Gasteiger charge is 2.07. The van der Waals surface area contributed by atoms with E-state index in [4.69, 9.17) is 27.9 Å². The van der Waals surface area contributed by atoms with Crippen LogP contribution in [0.15, 0.2) is 66.7 Å². The Labute approximate surface area is 166 Å². The molecular weight excluding hydrogens is 387 g/mol. The predicted molar refractivity (Wildman–Crippen MR) is 108 cm³/mol. The Morgan fingerprint density at radius 1 is 0.963 bits per heavy atom. The number of anilines is 1. The molecule has 7 heteroatoms. The molecule has 1 N–H and O–H groups in total. The standard InChI is InChI=1S/C20H16Cl2N2O3/c21-18-10-7-16(11-19(18)22)23-12-15-3-1-2-4-20(15)27-13-14-5-8-17(9-6-14)24(25)26/h1-11,23H,12-13H2. The number of nitro groups is 1. The predicted octanol–water partition coefficient (Wildman–Crippen LogP) is 6.09. The molecule has 0 unspecified atom stereocenters. The molecular formula is C20H16Cl2N2O3. The van der Waals surface area contributed by atoms with Crippen molar-refractivity contribution in [1.29, 1.82) is 0 Å². The van der Waals surface area contributed by atoms with Gasteiger partial charge in [-0.2, -0.15) is 0 Å². The van der Waals surface area contributed by atoms with Gasteiger partial charge in [-0.15, -0.1) is 0 Å². The third kappa shape index (κ3) is 5.12. The molecule has 3 rings (SSSR count). The van der Waals surface area contributed by atoms with Gasteiger partial charge in [0, 0.05) is 29.9 Å². The van der Waals surface area contributed by atoms with Gasteiger partial charge < -0.3 is 10.1 Å². The highest BCUT2D eigenvalue weighted by molar-refractivity contribution is 6.42. The summed E-state index contributed by atoms with van der Waals surface area (Å²) in [7, 11) is 0. The molecule has 0 heterocycles. The van der Waals surface area contributed by atoms with Gasteiger partial charge >= 0.3 is 0 Å². The van der Waals surface area contributed by atoms with Crippen molar-refractivity contribution in [3.05, 3.63) is 98.0 Å². The molecule has 3 aromatic carbocycles. The number of ether oxygens (including phenoxy) is 1. The summed E-state index contributed by atoms with van der Waals surface area (Å²) < 4.78 is 5.90. The van der Waals surface area contributed by atoms with Crippen LogP contribution in [0.25, 0.3) is 0 Å². The van der Waals surface area contributed by atoms with Gasteiger partial charge in [-0.25, -0.2) is 0 Å². The van der Waals surface area contributed by atoms with Crippen molar-refractivity contribution in [3.8, 4) is 5.75 Å². The second-order valence-corrected chi connectivity index (χ2v) is 6.62. The molecule has 0 radical (unpaired) electrons. The van der Waals surface area contributed by atoms with E-state index in [1.807, 2.05) is 30.3 Å². The van der Waals surface area contributed by atoms with E-state index in [0.29, 0.717) is 23.2 Å². The maximum Gasteiger partial charge on any atom is 0.269 e. The number of rotatable bonds is 7. The lowest BCUT2D eigenvalue weighted by atomic mass is 10.2. The lowest BCUT2D eigenvalue weighted by Crippen LogP contribution is -2.03. The van der Waals surface area contributed by atoms with Crippen LogP contribution in [0.4, 0.5) is 11.4 Å². The number of nitro benzene ring substituents is 1. The Kier molecular flexibility index (Phi) is 6.16. The lowest BCUT2D eigenvalue weighted by molar-refractivity contribution is -0.384. The monoisotopic (exact) mass is 402 g/mol. The van der Waals surface area contributed by atoms with Crippen LogP contribution in [-0.4, -0.2) is 4.92 Å². The minimum absolute atomic E-state index is 0.0602. The zero-order valence-electron chi connectivity index (χ0n) is 14.2. The zero-order valence-corrected chi connectivity index (χ0v) is 15.7. The normalized spacial score (nSPS) is 10.4. The first-order valence-corrected chi connectivity index (χ1v) is 8.91. The van der Waals surface area contributed by atoms with Crippen LogP contribution in [0.1, 0.15) is 11.1 Å². The van der Waals surface area contributed by atoms with Crippen LogP contribution in [0.5, 0.6) is 5.75 Å². The summed E-state index contributed by atoms with van der Waals surface area (Å²) >= 11 is 12.0. The quantitative estimate of drug-likeness (QED) is 0.383. The van der Waals surface area contributed by atoms with E-state index in [-0.39, 0.29) is 5.69 Å². The van der Waals surface area contributed by atoms with Gasteiger partial charge in [-0.3, -0.25) is 10.1 Å². The minimum Gasteiger partial charge on any atom is -0.489 e. The summed E-state index contributed by atoms with van der Waals surface area (Å²) in [6, 6.07) is 19.4. The maximum absolute atomic E-state index is 10.7. The number of hydrogen-bond donors (Lipinski definition) is 1. The summed E-state index contributed by atoms with van der Waals surface area (Å²) in [4.78, 5) is 10.3. The smallest absolute Gasteiger partial charge is 0.269 e. The molecule has 0 aliphatic rings. The van der Waals surface area contributed by atoms with E-state index in [9.17, 15) is 10.1 Å². The van der Waals surface area contributed by atoms with Crippen LogP contribution in [0.2, 0.25) is 10.0 Å². The van der Waals surface area contributed by atoms with Gasteiger partial charge in [-0.05, 0) is 42.0 Å². The molecule has 0 atom stereocenters. The number of para-hydroxylation sites is 1. The Bertz CT molecular complexity index is 946. The Hall–Kier alpha value is -2.76. The van der Waals surface area contributed by atoms with Gasteiger partial charge in [0.1, 0.15) is 12.4 Å². The Morgan fingerprint density at radius 2 is 1.70 bits per heavy atom. The molecule has 138 valence electrons. The molecule has 0 aliphatic carbocycles. The third-order valence-electron chi connectivity index (χ3n) is 3.92. The van der Waals surface area contributed by atoms with Crippen LogP contribution >= 0.6 is 23.2 Å². The molecule has 0 saturated carbocycles. The van der Waals surface area contributed by atoms with Crippen molar-refractivity contribution >= 4 is 34.6 Å². The molecule has 3 aromatic rings. The van der Waals surface area contributed by atoms with Crippen molar-refractivity contribution in [2.75, 3.05) is 5.32 Å². The number of halogens is 2. The van der Waals surface area contributed by atoms with Crippen molar-refractivity contribution in [1.82, 2.24) is 0 Å². The van der Waals surface area contributed by atoms with Gasteiger partial charge in [-0.1, -0.05) is 41.4 Å². The Morgan fingerprint density at radius 3 is 2.41 bits per heavy atom. The summed E-state index contributed by atoms with van der Waals surface area (Å²) in [6.07, 6.45) is 0. The van der Waals surface area contributed by atoms with Gasteiger partial charge in [0.2, 0.25) is 0 Å². The summed E-state index contributed by atoms with van der Waals surface area (Å²) in [5.74, 6) is 0.739. The minimum atomic E-state index is -0.422. The molecule has 0 spiro atoms. The van der Waals surface area contributed by atoms with E-state index in [1.54, 1.807) is 24.3 Å². The fourth-order valence-corrected chi connectivity index (χ4v) is 2.77. The van der Waals surface area contributed by atoms with E-state index in [1.165, 1.54) is 12.1 Å². The Balaban J connectivity index is 1.64. The number of nitrogens with one attached hydrogen (secondary N) is 1. The second-order valence-electron chi connectivity index (χ2n) is 5.80. The van der Waals surface area contributed by atoms with Crippen LogP contribution in [0, 0.1) is 10.1 Å². The molecule has 0 bridgehead atoms. The summed E-state index contributed by atoms with van der Waals surface area (Å²) in [5.41, 5.74) is 2.75. The van der Waals surface area contributed by atoms with Gasteiger partial charge in [0.25, 0.3) is 5.69 Å². The largest absolute Gasteiger partial charge is 0.489 e. The molecule has 0 amide bonds. The maximum atomic E-state index is 10.7. The van der Waals surface area contributed by atoms with Crippen LogP contribution < -0.4 is 10.1 Å². The van der Waals surface area contributed by atoms with Crippen molar-refractivity contribution in [3.63, 3.8) is 0 Å². The second kappa shape index (κ2) is 8.75. The van der Waals surface area contributed by atoms with E-state index < -0.39 is 4.92 Å². The first-order valence-electron chi connectivity index (χ1n) is 8.16. The van der Waals surface area contributed by atoms with Crippen molar-refractivity contribution in [2.45, 2.75) is 13.2 Å². The molecule has 0 saturated heterocycles. The average Bonchev–Trinajstić information content (AvgIpc) is 2.68. The molecule has 0 fully saturated rings. The SMILES string of the molecule is O=[N+]([O-])c1ccc(COc2ccccc2CNc2ccc(Cl)c(Cl)c2)cc1. The third-order valence-corrected chi connectivity index (χ3v) is 4.66. The van der Waals surface area contributed by atoms with E-state index in [2.05, 4.69) is 5.32 Å². The fourth-order valence-electron chi connectivity index (χ4n) is 2.47. The molecule has 5 nitrogen and oxygen atoms in total. The van der Waals surface area contributed by atoms with E-state index >= 15 is 0 Å². The van der Waals surface area contributed by atoms with E-state index in [0.717, 1.165) is 22.6 Å². The van der Waals surface area contributed by atoms with Crippen molar-refractivity contribution in [2.24, 2.45) is 0 Å². The number of hydrogen-bond acceptors (Lipinski definition) is 4. The first-order chi connectivity index (χ1) is 13.0. The fraction of sp³-hybridized carbons (Fsp3) is 0.100. The molecule has 27 heavy (non-hydrogen) atoms. The topological polar surface area (TPSA) is 64.4 Å². The summed E-state index contributed by atoms with van der Waals surface area (Å²) in [5, 5.41) is 15.0. The van der Waals surface area contributed by atoms with Gasteiger partial charge in [0.05, 0.1) is 15.0 Å². The molecule has 0 aromatic heterocycles. The molecule has 0 aliphatic heterocycles. The summed E-state index contributed by atoms with van der Waals surface area (Å²) in [6.45, 7) is 0.871. The van der Waals surface area contributed by atoms with Crippen LogP contribution in [0.3, 0.4) is 0 Å². The van der Waals surface area contributed by atoms with Crippen molar-refractivity contribution < 1.29 is 9.66 Å². The first kappa shape index (κ1) is 19.0. The van der Waals surface area contributed by atoms with Crippen LogP contribution in [-0.2, 0) is 13.2 Å². The highest BCUT2D eigenvalue weighted by Crippen LogP contribution is 2.26. The number of non-ortho nitro benzene ring substituents is 1.